The first-order chi connectivity index (χ1) is 12.2. The van der Waals surface area contributed by atoms with E-state index in [0.29, 0.717) is 5.82 Å². The number of aliphatic imine (C=N–C) groups is 1. The molecule has 0 aromatic carbocycles. The van der Waals surface area contributed by atoms with Gasteiger partial charge in [0.25, 0.3) is 0 Å². The van der Waals surface area contributed by atoms with Crippen molar-refractivity contribution < 1.29 is 4.42 Å². The van der Waals surface area contributed by atoms with Crippen LogP contribution in [0.1, 0.15) is 52.0 Å². The average molecular weight is 341 g/mol. The summed E-state index contributed by atoms with van der Waals surface area (Å²) in [5.41, 5.74) is 3.92. The van der Waals surface area contributed by atoms with Crippen LogP contribution in [0.25, 0.3) is 5.57 Å². The molecule has 0 unspecified atom stereocenters. The fraction of sp³-hybridized carbons (Fsp3) is 0.333. The molecule has 0 saturated carbocycles. The number of oxazole rings is 1. The second-order valence-corrected chi connectivity index (χ2v) is 4.71. The molecule has 0 amide bonds. The van der Waals surface area contributed by atoms with E-state index in [1.165, 1.54) is 6.39 Å². The van der Waals surface area contributed by atoms with E-state index in [1.807, 2.05) is 33.8 Å². The van der Waals surface area contributed by atoms with E-state index in [4.69, 9.17) is 4.42 Å². The summed E-state index contributed by atoms with van der Waals surface area (Å²) >= 11 is 0. The molecular weight excluding hydrogens is 310 g/mol. The summed E-state index contributed by atoms with van der Waals surface area (Å²) in [5.74, 6) is 1.73. The third-order valence-corrected chi connectivity index (χ3v) is 3.33. The van der Waals surface area contributed by atoms with Crippen LogP contribution in [0.3, 0.4) is 0 Å². The van der Waals surface area contributed by atoms with E-state index in [2.05, 4.69) is 41.7 Å². The Balaban J connectivity index is 0.000000385. The third kappa shape index (κ3) is 6.42. The number of fused-ring (bicyclic) bond motifs is 1. The Bertz CT molecular complexity index is 648. The molecule has 2 heterocycles. The molecule has 1 aromatic rings. The Morgan fingerprint density at radius 1 is 1.20 bits per heavy atom. The van der Waals surface area contributed by atoms with Gasteiger partial charge in [-0.2, -0.15) is 0 Å². The van der Waals surface area contributed by atoms with Crippen molar-refractivity contribution in [1.29, 1.82) is 0 Å². The lowest BCUT2D eigenvalue weighted by atomic mass is 9.98. The minimum atomic E-state index is 0.715. The number of nitrogens with zero attached hydrogens (tertiary/aromatic N) is 2. The van der Waals surface area contributed by atoms with Gasteiger partial charge in [-0.05, 0) is 36.8 Å². The lowest BCUT2D eigenvalue weighted by molar-refractivity contribution is 0.493. The molecule has 2 aliphatic rings. The van der Waals surface area contributed by atoms with Gasteiger partial charge in [-0.15, -0.1) is 0 Å². The molecule has 1 aliphatic carbocycles. The molecule has 1 N–H and O–H groups in total. The van der Waals surface area contributed by atoms with Gasteiger partial charge in [0.2, 0.25) is 0 Å². The number of nitrogens with one attached hydrogen (secondary N) is 1. The molecule has 0 radical (unpaired) electrons. The lowest BCUT2D eigenvalue weighted by Crippen LogP contribution is -2.10. The number of allylic oxidation sites excluding steroid dienone is 5. The van der Waals surface area contributed by atoms with Crippen LogP contribution in [0.5, 0.6) is 0 Å². The maximum absolute atomic E-state index is 5.15. The smallest absolute Gasteiger partial charge is 0.181 e. The Kier molecular flexibility index (Phi) is 11.4. The fourth-order valence-corrected chi connectivity index (χ4v) is 2.22. The molecule has 0 bridgehead atoms. The van der Waals surface area contributed by atoms with Crippen LogP contribution in [-0.2, 0) is 6.42 Å². The number of hydrogen-bond donors (Lipinski definition) is 1. The summed E-state index contributed by atoms with van der Waals surface area (Å²) in [4.78, 5) is 7.86. The molecule has 0 spiro atoms. The SMILES string of the molecule is C=C1CCCc2ocnc21.C=CC1=C(N=C)NC=CC1=C.CC.CC. The number of rotatable bonds is 2. The number of aryl methyl sites for hydroxylation is 1. The minimum Gasteiger partial charge on any atom is -0.448 e. The summed E-state index contributed by atoms with van der Waals surface area (Å²) in [6.07, 6.45) is 10.1. The molecule has 1 aliphatic heterocycles. The number of aromatic nitrogens is 1. The Hall–Kier alpha value is -2.62. The molecule has 0 fully saturated rings. The van der Waals surface area contributed by atoms with Crippen molar-refractivity contribution in [3.8, 4) is 0 Å². The first kappa shape index (κ1) is 22.4. The van der Waals surface area contributed by atoms with Gasteiger partial charge in [-0.3, -0.25) is 0 Å². The van der Waals surface area contributed by atoms with Crippen LogP contribution in [0.4, 0.5) is 0 Å². The van der Waals surface area contributed by atoms with Gasteiger partial charge >= 0.3 is 0 Å². The summed E-state index contributed by atoms with van der Waals surface area (Å²) in [6.45, 7) is 22.8. The van der Waals surface area contributed by atoms with Crippen molar-refractivity contribution in [2.24, 2.45) is 4.99 Å². The fourth-order valence-electron chi connectivity index (χ4n) is 2.22. The van der Waals surface area contributed by atoms with Gasteiger partial charge in [-0.1, -0.05) is 53.5 Å². The van der Waals surface area contributed by atoms with Crippen molar-refractivity contribution in [2.45, 2.75) is 47.0 Å². The quantitative estimate of drug-likeness (QED) is 0.688. The van der Waals surface area contributed by atoms with E-state index in [1.54, 1.807) is 12.3 Å². The van der Waals surface area contributed by atoms with Crippen LogP contribution in [-0.4, -0.2) is 11.7 Å². The summed E-state index contributed by atoms with van der Waals surface area (Å²) in [7, 11) is 0. The first-order valence-electron chi connectivity index (χ1n) is 8.73. The molecule has 0 saturated heterocycles. The zero-order chi connectivity index (χ0) is 19.2. The van der Waals surface area contributed by atoms with E-state index < -0.39 is 0 Å². The van der Waals surface area contributed by atoms with Crippen LogP contribution >= 0.6 is 0 Å². The minimum absolute atomic E-state index is 0.715. The average Bonchev–Trinajstić information content (AvgIpc) is 3.15. The zero-order valence-corrected chi connectivity index (χ0v) is 16.1. The number of hydrogen-bond acceptors (Lipinski definition) is 4. The molecule has 0 atom stereocenters. The summed E-state index contributed by atoms with van der Waals surface area (Å²) < 4.78 is 5.15. The van der Waals surface area contributed by atoms with Crippen LogP contribution < -0.4 is 5.32 Å². The normalized spacial score (nSPS) is 14.4. The maximum Gasteiger partial charge on any atom is 0.181 e. The van der Waals surface area contributed by atoms with Crippen molar-refractivity contribution in [2.75, 3.05) is 0 Å². The summed E-state index contributed by atoms with van der Waals surface area (Å²) in [5, 5.41) is 2.94. The van der Waals surface area contributed by atoms with Crippen LogP contribution in [0.2, 0.25) is 0 Å². The predicted octanol–water partition coefficient (Wildman–Crippen LogP) is 5.83. The molecule has 4 heteroatoms. The lowest BCUT2D eigenvalue weighted by Gasteiger charge is -2.12. The molecule has 4 nitrogen and oxygen atoms in total. The van der Waals surface area contributed by atoms with Gasteiger partial charge in [0.15, 0.2) is 6.39 Å². The summed E-state index contributed by atoms with van der Waals surface area (Å²) in [6, 6.07) is 0. The molecule has 136 valence electrons. The van der Waals surface area contributed by atoms with Gasteiger partial charge in [0.05, 0.1) is 0 Å². The Morgan fingerprint density at radius 2 is 1.88 bits per heavy atom. The molecular formula is C21H31N3O. The van der Waals surface area contributed by atoms with Crippen molar-refractivity contribution in [1.82, 2.24) is 10.3 Å². The predicted molar refractivity (Wildman–Crippen MR) is 109 cm³/mol. The Labute approximate surface area is 152 Å². The van der Waals surface area contributed by atoms with E-state index >= 15 is 0 Å². The second-order valence-electron chi connectivity index (χ2n) is 4.71. The molecule has 1 aromatic heterocycles. The van der Waals surface area contributed by atoms with Gasteiger partial charge in [0.1, 0.15) is 17.3 Å². The van der Waals surface area contributed by atoms with E-state index in [-0.39, 0.29) is 0 Å². The largest absolute Gasteiger partial charge is 0.448 e. The number of dihydropyridines is 1. The second kappa shape index (κ2) is 12.8. The van der Waals surface area contributed by atoms with Crippen LogP contribution in [0.15, 0.2) is 70.9 Å². The highest BCUT2D eigenvalue weighted by Crippen LogP contribution is 2.27. The first-order valence-corrected chi connectivity index (χ1v) is 8.73. The standard InChI is InChI=1S/C9H10N2.C8H9NO.2C2H6/c1-4-8-7(2)5-6-11-9(8)10-3;1-6-3-2-4-7-8(6)9-5-10-7;2*1-2/h4-6,11H,1-3H2;5H,1-4H2;2*1-2H3. The van der Waals surface area contributed by atoms with Crippen molar-refractivity contribution in [3.05, 3.63) is 72.9 Å². The maximum atomic E-state index is 5.15. The van der Waals surface area contributed by atoms with Crippen molar-refractivity contribution >= 4 is 12.3 Å². The highest BCUT2D eigenvalue weighted by Gasteiger charge is 2.15. The highest BCUT2D eigenvalue weighted by molar-refractivity contribution is 5.62. The molecule has 3 rings (SSSR count). The van der Waals surface area contributed by atoms with E-state index in [9.17, 15) is 0 Å². The van der Waals surface area contributed by atoms with Gasteiger partial charge < -0.3 is 9.73 Å². The van der Waals surface area contributed by atoms with Crippen molar-refractivity contribution in [3.63, 3.8) is 0 Å². The monoisotopic (exact) mass is 341 g/mol. The molecule has 25 heavy (non-hydrogen) atoms. The Morgan fingerprint density at radius 3 is 2.40 bits per heavy atom. The van der Waals surface area contributed by atoms with E-state index in [0.717, 1.165) is 47.4 Å². The third-order valence-electron chi connectivity index (χ3n) is 3.33. The van der Waals surface area contributed by atoms with Crippen LogP contribution in [0, 0.1) is 0 Å². The van der Waals surface area contributed by atoms with Gasteiger partial charge in [0, 0.05) is 18.2 Å². The topological polar surface area (TPSA) is 50.4 Å². The highest BCUT2D eigenvalue weighted by atomic mass is 16.3. The van der Waals surface area contributed by atoms with Gasteiger partial charge in [-0.25, -0.2) is 9.98 Å². The zero-order valence-electron chi connectivity index (χ0n) is 16.1.